The van der Waals surface area contributed by atoms with E-state index in [9.17, 15) is 4.39 Å². The highest BCUT2D eigenvalue weighted by molar-refractivity contribution is 5.42. The summed E-state index contributed by atoms with van der Waals surface area (Å²) in [6, 6.07) is 4.80. The summed E-state index contributed by atoms with van der Waals surface area (Å²) in [4.78, 5) is 0. The molecule has 0 amide bonds. The van der Waals surface area contributed by atoms with E-state index in [4.69, 9.17) is 5.73 Å². The summed E-state index contributed by atoms with van der Waals surface area (Å²) in [7, 11) is 0. The zero-order chi connectivity index (χ0) is 7.56. The molecule has 0 saturated carbocycles. The molecule has 0 spiro atoms. The van der Waals surface area contributed by atoms with E-state index in [1.54, 1.807) is 12.1 Å². The van der Waals surface area contributed by atoms with Gasteiger partial charge in [0.15, 0.2) is 0 Å². The lowest BCUT2D eigenvalue weighted by molar-refractivity contribution is 0.632. The van der Waals surface area contributed by atoms with Crippen LogP contribution < -0.4 is 5.73 Å². The van der Waals surface area contributed by atoms with Gasteiger partial charge in [-0.15, -0.1) is 0 Å². The summed E-state index contributed by atoms with van der Waals surface area (Å²) in [6.07, 6.45) is 0.893. The summed E-state index contributed by atoms with van der Waals surface area (Å²) in [5, 5.41) is 0. The van der Waals surface area contributed by atoms with E-state index >= 15 is 0 Å². The Morgan fingerprint density at radius 1 is 1.50 bits per heavy atom. The van der Waals surface area contributed by atoms with Gasteiger partial charge in [0.25, 0.3) is 0 Å². The predicted octanol–water partition coefficient (Wildman–Crippen LogP) is 1.97. The molecule has 54 valence electrons. The molecule has 0 aliphatic heterocycles. The van der Waals surface area contributed by atoms with Crippen LogP contribution in [0, 0.1) is 5.82 Å². The Balaban J connectivity index is 3.04. The Bertz CT molecular complexity index is 233. The van der Waals surface area contributed by atoms with Crippen molar-refractivity contribution in [1.29, 1.82) is 0 Å². The van der Waals surface area contributed by atoms with Gasteiger partial charge in [0, 0.05) is 0 Å². The first-order chi connectivity index (χ1) is 4.74. The van der Waals surface area contributed by atoms with E-state index in [0.29, 0.717) is 0 Å². The Morgan fingerprint density at radius 3 is 2.70 bits per heavy atom. The first-order valence-corrected chi connectivity index (χ1v) is 3.28. The summed E-state index contributed by atoms with van der Waals surface area (Å²) in [5.41, 5.74) is 6.63. The number of nitrogen functional groups attached to an aromatic ring is 1. The molecular formula is C8H10FN. The van der Waals surface area contributed by atoms with E-state index in [1.807, 2.05) is 6.92 Å². The minimum Gasteiger partial charge on any atom is -0.396 e. The van der Waals surface area contributed by atoms with Gasteiger partial charge in [-0.3, -0.25) is 0 Å². The molecule has 0 heterocycles. The van der Waals surface area contributed by atoms with Gasteiger partial charge in [-0.1, -0.05) is 13.0 Å². The van der Waals surface area contributed by atoms with Gasteiger partial charge in [0.05, 0.1) is 5.69 Å². The van der Waals surface area contributed by atoms with Gasteiger partial charge in [0.1, 0.15) is 5.82 Å². The number of anilines is 1. The fraction of sp³-hybridized carbons (Fsp3) is 0.250. The van der Waals surface area contributed by atoms with Crippen LogP contribution >= 0.6 is 0 Å². The highest BCUT2D eigenvalue weighted by atomic mass is 19.1. The lowest BCUT2D eigenvalue weighted by atomic mass is 10.1. The molecule has 0 aliphatic rings. The van der Waals surface area contributed by atoms with E-state index < -0.39 is 0 Å². The zero-order valence-corrected chi connectivity index (χ0v) is 5.89. The molecule has 1 aromatic rings. The molecule has 2 N–H and O–H groups in total. The van der Waals surface area contributed by atoms with Crippen LogP contribution in [0.3, 0.4) is 0 Å². The van der Waals surface area contributed by atoms with Crippen molar-refractivity contribution in [1.82, 2.24) is 0 Å². The molecule has 0 unspecified atom stereocenters. The molecule has 0 atom stereocenters. The number of aryl methyl sites for hydroxylation is 1. The van der Waals surface area contributed by atoms with Gasteiger partial charge in [-0.05, 0) is 24.1 Å². The van der Waals surface area contributed by atoms with Crippen molar-refractivity contribution in [3.63, 3.8) is 0 Å². The molecule has 0 saturated heterocycles. The maximum atomic E-state index is 12.5. The molecular weight excluding hydrogens is 129 g/mol. The third-order valence-corrected chi connectivity index (χ3v) is 1.47. The second kappa shape index (κ2) is 2.69. The standard InChI is InChI=1S/C8H10FN/c1-2-6-3-4-7(9)8(10)5-6/h3-5H,2,10H2,1H3. The maximum absolute atomic E-state index is 12.5. The average molecular weight is 139 g/mol. The van der Waals surface area contributed by atoms with Gasteiger partial charge in [0.2, 0.25) is 0 Å². The van der Waals surface area contributed by atoms with Crippen LogP contribution in [0.15, 0.2) is 18.2 Å². The second-order valence-corrected chi connectivity index (χ2v) is 2.21. The lowest BCUT2D eigenvalue weighted by Crippen LogP contribution is -1.91. The van der Waals surface area contributed by atoms with Crippen LogP contribution in [0.4, 0.5) is 10.1 Å². The van der Waals surface area contributed by atoms with Crippen molar-refractivity contribution in [2.45, 2.75) is 13.3 Å². The number of nitrogens with two attached hydrogens (primary N) is 1. The second-order valence-electron chi connectivity index (χ2n) is 2.21. The van der Waals surface area contributed by atoms with E-state index in [0.717, 1.165) is 12.0 Å². The smallest absolute Gasteiger partial charge is 0.146 e. The highest BCUT2D eigenvalue weighted by Gasteiger charge is 1.96. The Kier molecular flexibility index (Phi) is 1.90. The Morgan fingerprint density at radius 2 is 2.20 bits per heavy atom. The molecule has 0 fully saturated rings. The van der Waals surface area contributed by atoms with Crippen LogP contribution in [0.5, 0.6) is 0 Å². The van der Waals surface area contributed by atoms with Crippen molar-refractivity contribution in [2.24, 2.45) is 0 Å². The summed E-state index contributed by atoms with van der Waals surface area (Å²) in [5.74, 6) is -0.336. The van der Waals surface area contributed by atoms with Crippen LogP contribution in [-0.4, -0.2) is 0 Å². The third kappa shape index (κ3) is 1.26. The summed E-state index contributed by atoms with van der Waals surface area (Å²) in [6.45, 7) is 2.01. The fourth-order valence-corrected chi connectivity index (χ4v) is 0.813. The molecule has 1 aromatic carbocycles. The van der Waals surface area contributed by atoms with Gasteiger partial charge in [-0.2, -0.15) is 0 Å². The monoisotopic (exact) mass is 139 g/mol. The number of rotatable bonds is 1. The van der Waals surface area contributed by atoms with Crippen LogP contribution in [0.2, 0.25) is 0 Å². The van der Waals surface area contributed by atoms with E-state index in [1.165, 1.54) is 6.07 Å². The first-order valence-electron chi connectivity index (χ1n) is 3.28. The summed E-state index contributed by atoms with van der Waals surface area (Å²) < 4.78 is 12.5. The van der Waals surface area contributed by atoms with Crippen LogP contribution in [0.25, 0.3) is 0 Å². The number of benzene rings is 1. The molecule has 2 heteroatoms. The van der Waals surface area contributed by atoms with Gasteiger partial charge in [-0.25, -0.2) is 4.39 Å². The maximum Gasteiger partial charge on any atom is 0.146 e. The SMILES string of the molecule is CCc1ccc(F)c(N)c1. The first kappa shape index (κ1) is 7.06. The van der Waals surface area contributed by atoms with Crippen molar-refractivity contribution >= 4 is 5.69 Å². The van der Waals surface area contributed by atoms with E-state index in [-0.39, 0.29) is 11.5 Å². The number of hydrogen-bond acceptors (Lipinski definition) is 1. The van der Waals surface area contributed by atoms with Crippen molar-refractivity contribution in [3.05, 3.63) is 29.6 Å². The van der Waals surface area contributed by atoms with Gasteiger partial charge < -0.3 is 5.73 Å². The highest BCUT2D eigenvalue weighted by Crippen LogP contribution is 2.11. The third-order valence-electron chi connectivity index (χ3n) is 1.47. The predicted molar refractivity (Wildman–Crippen MR) is 40.2 cm³/mol. The number of halogens is 1. The Hall–Kier alpha value is -1.05. The van der Waals surface area contributed by atoms with Crippen molar-refractivity contribution < 1.29 is 4.39 Å². The van der Waals surface area contributed by atoms with Crippen LogP contribution in [0.1, 0.15) is 12.5 Å². The molecule has 0 aromatic heterocycles. The topological polar surface area (TPSA) is 26.0 Å². The van der Waals surface area contributed by atoms with Crippen molar-refractivity contribution in [3.8, 4) is 0 Å². The summed E-state index contributed by atoms with van der Waals surface area (Å²) >= 11 is 0. The molecule has 0 bridgehead atoms. The largest absolute Gasteiger partial charge is 0.396 e. The van der Waals surface area contributed by atoms with E-state index in [2.05, 4.69) is 0 Å². The molecule has 0 aliphatic carbocycles. The minimum absolute atomic E-state index is 0.236. The lowest BCUT2D eigenvalue weighted by Gasteiger charge is -1.98. The van der Waals surface area contributed by atoms with Crippen LogP contribution in [-0.2, 0) is 6.42 Å². The molecule has 10 heavy (non-hydrogen) atoms. The zero-order valence-electron chi connectivity index (χ0n) is 5.89. The quantitative estimate of drug-likeness (QED) is 0.591. The van der Waals surface area contributed by atoms with Gasteiger partial charge >= 0.3 is 0 Å². The normalized spacial score (nSPS) is 9.80. The molecule has 1 rings (SSSR count). The molecule has 0 radical (unpaired) electrons. The average Bonchev–Trinajstić information content (AvgIpc) is 1.95. The van der Waals surface area contributed by atoms with Crippen molar-refractivity contribution in [2.75, 3.05) is 5.73 Å². The minimum atomic E-state index is -0.336. The number of hydrogen-bond donors (Lipinski definition) is 1. The molecule has 1 nitrogen and oxygen atoms in total. The Labute approximate surface area is 59.7 Å². The fourth-order valence-electron chi connectivity index (χ4n) is 0.813.